The molecule has 1 nitrogen and oxygen atoms in total. The minimum absolute atomic E-state index is 0.803. The molecule has 21 heavy (non-hydrogen) atoms. The molecule has 0 saturated heterocycles. The third-order valence-electron chi connectivity index (χ3n) is 3.59. The van der Waals surface area contributed by atoms with Crippen molar-refractivity contribution < 1.29 is 0 Å². The molecule has 0 amide bonds. The molecule has 0 fully saturated rings. The Balaban J connectivity index is 2.31. The molecule has 0 aliphatic carbocycles. The van der Waals surface area contributed by atoms with Gasteiger partial charge in [0.05, 0.1) is 0 Å². The summed E-state index contributed by atoms with van der Waals surface area (Å²) in [5.41, 5.74) is 5.23. The number of halogens is 1. The SMILES string of the molecule is CCCNCc1cc(Cl)ccc1-c1cccc(CCC)c1. The van der Waals surface area contributed by atoms with Gasteiger partial charge in [0, 0.05) is 11.6 Å². The van der Waals surface area contributed by atoms with Crippen molar-refractivity contribution in [1.29, 1.82) is 0 Å². The van der Waals surface area contributed by atoms with Crippen LogP contribution in [0.4, 0.5) is 0 Å². The highest BCUT2D eigenvalue weighted by atomic mass is 35.5. The first kappa shape index (κ1) is 16.1. The molecule has 1 N–H and O–H groups in total. The van der Waals surface area contributed by atoms with E-state index in [0.29, 0.717) is 0 Å². The number of nitrogens with one attached hydrogen (secondary N) is 1. The Hall–Kier alpha value is -1.31. The molecule has 0 atom stereocenters. The van der Waals surface area contributed by atoms with Crippen LogP contribution in [-0.4, -0.2) is 6.54 Å². The van der Waals surface area contributed by atoms with Crippen molar-refractivity contribution in [2.75, 3.05) is 6.54 Å². The fourth-order valence-corrected chi connectivity index (χ4v) is 2.77. The predicted molar refractivity (Wildman–Crippen MR) is 92.9 cm³/mol. The monoisotopic (exact) mass is 301 g/mol. The minimum atomic E-state index is 0.803. The third-order valence-corrected chi connectivity index (χ3v) is 3.82. The molecule has 0 unspecified atom stereocenters. The van der Waals surface area contributed by atoms with Crippen LogP contribution >= 0.6 is 11.6 Å². The van der Waals surface area contributed by atoms with Crippen molar-refractivity contribution in [2.24, 2.45) is 0 Å². The summed E-state index contributed by atoms with van der Waals surface area (Å²) in [6, 6.07) is 15.0. The van der Waals surface area contributed by atoms with E-state index in [0.717, 1.165) is 31.0 Å². The Bertz CT molecular complexity index is 578. The summed E-state index contributed by atoms with van der Waals surface area (Å²) in [4.78, 5) is 0. The molecule has 2 rings (SSSR count). The van der Waals surface area contributed by atoms with E-state index >= 15 is 0 Å². The smallest absolute Gasteiger partial charge is 0.0409 e. The Morgan fingerprint density at radius 1 is 1.00 bits per heavy atom. The maximum atomic E-state index is 6.17. The summed E-state index contributed by atoms with van der Waals surface area (Å²) in [6.45, 7) is 6.29. The van der Waals surface area contributed by atoms with E-state index in [1.54, 1.807) is 0 Å². The largest absolute Gasteiger partial charge is 0.313 e. The second kappa shape index (κ2) is 8.21. The molecule has 2 aromatic carbocycles. The Labute approximate surface area is 133 Å². The fraction of sp³-hybridized carbons (Fsp3) is 0.368. The van der Waals surface area contributed by atoms with E-state index in [4.69, 9.17) is 11.6 Å². The van der Waals surface area contributed by atoms with E-state index in [9.17, 15) is 0 Å². The molecule has 112 valence electrons. The second-order valence-corrected chi connectivity index (χ2v) is 5.87. The van der Waals surface area contributed by atoms with Gasteiger partial charge in [-0.05, 0) is 53.8 Å². The summed E-state index contributed by atoms with van der Waals surface area (Å²) in [5, 5.41) is 4.27. The van der Waals surface area contributed by atoms with E-state index < -0.39 is 0 Å². The summed E-state index contributed by atoms with van der Waals surface area (Å²) in [6.07, 6.45) is 3.45. The van der Waals surface area contributed by atoms with Crippen LogP contribution in [-0.2, 0) is 13.0 Å². The minimum Gasteiger partial charge on any atom is -0.313 e. The van der Waals surface area contributed by atoms with Gasteiger partial charge in [-0.25, -0.2) is 0 Å². The molecule has 0 aliphatic heterocycles. The zero-order chi connectivity index (χ0) is 15.1. The first-order valence-corrected chi connectivity index (χ1v) is 8.20. The number of rotatable bonds is 7. The first-order chi connectivity index (χ1) is 10.2. The molecule has 0 bridgehead atoms. The average Bonchev–Trinajstić information content (AvgIpc) is 2.48. The lowest BCUT2D eigenvalue weighted by Gasteiger charge is -2.12. The maximum absolute atomic E-state index is 6.17. The van der Waals surface area contributed by atoms with E-state index in [-0.39, 0.29) is 0 Å². The Kier molecular flexibility index (Phi) is 6.28. The van der Waals surface area contributed by atoms with Gasteiger partial charge in [-0.1, -0.05) is 62.2 Å². The highest BCUT2D eigenvalue weighted by Gasteiger charge is 2.06. The van der Waals surface area contributed by atoms with Crippen LogP contribution in [0.25, 0.3) is 11.1 Å². The molecule has 0 aromatic heterocycles. The Morgan fingerprint density at radius 2 is 1.86 bits per heavy atom. The Morgan fingerprint density at radius 3 is 2.62 bits per heavy atom. The van der Waals surface area contributed by atoms with Gasteiger partial charge in [-0.15, -0.1) is 0 Å². The van der Waals surface area contributed by atoms with Crippen LogP contribution in [0.5, 0.6) is 0 Å². The summed E-state index contributed by atoms with van der Waals surface area (Å²) >= 11 is 6.17. The number of hydrogen-bond donors (Lipinski definition) is 1. The van der Waals surface area contributed by atoms with Gasteiger partial charge in [0.15, 0.2) is 0 Å². The molecule has 0 spiro atoms. The lowest BCUT2D eigenvalue weighted by Crippen LogP contribution is -2.14. The number of hydrogen-bond acceptors (Lipinski definition) is 1. The summed E-state index contributed by atoms with van der Waals surface area (Å²) in [7, 11) is 0. The zero-order valence-corrected chi connectivity index (χ0v) is 13.7. The van der Waals surface area contributed by atoms with E-state index in [2.05, 4.69) is 55.6 Å². The first-order valence-electron chi connectivity index (χ1n) is 7.83. The average molecular weight is 302 g/mol. The van der Waals surface area contributed by atoms with Crippen molar-refractivity contribution >= 4 is 11.6 Å². The standard InChI is InChI=1S/C19H24ClN/c1-3-6-15-7-5-8-16(12-15)19-10-9-18(20)13-17(19)14-21-11-4-2/h5,7-10,12-13,21H,3-4,6,11,14H2,1-2H3. The van der Waals surface area contributed by atoms with Crippen molar-refractivity contribution in [3.8, 4) is 11.1 Å². The summed E-state index contributed by atoms with van der Waals surface area (Å²) in [5.74, 6) is 0. The van der Waals surface area contributed by atoms with Crippen molar-refractivity contribution in [3.05, 3.63) is 58.6 Å². The van der Waals surface area contributed by atoms with Gasteiger partial charge >= 0.3 is 0 Å². The molecule has 0 saturated carbocycles. The lowest BCUT2D eigenvalue weighted by atomic mass is 9.97. The molecule has 0 heterocycles. The number of aryl methyl sites for hydroxylation is 1. The van der Waals surface area contributed by atoms with Gasteiger partial charge in [0.1, 0.15) is 0 Å². The normalized spacial score (nSPS) is 10.8. The van der Waals surface area contributed by atoms with Gasteiger partial charge in [-0.3, -0.25) is 0 Å². The third kappa shape index (κ3) is 4.59. The highest BCUT2D eigenvalue weighted by Crippen LogP contribution is 2.27. The maximum Gasteiger partial charge on any atom is 0.0409 e. The van der Waals surface area contributed by atoms with Gasteiger partial charge in [0.25, 0.3) is 0 Å². The van der Waals surface area contributed by atoms with E-state index in [1.165, 1.54) is 28.7 Å². The van der Waals surface area contributed by atoms with Crippen LogP contribution < -0.4 is 5.32 Å². The van der Waals surface area contributed by atoms with Crippen LogP contribution in [0.2, 0.25) is 5.02 Å². The van der Waals surface area contributed by atoms with Crippen molar-refractivity contribution in [2.45, 2.75) is 39.7 Å². The van der Waals surface area contributed by atoms with Crippen LogP contribution in [0.15, 0.2) is 42.5 Å². The predicted octanol–water partition coefficient (Wildman–Crippen LogP) is 5.46. The van der Waals surface area contributed by atoms with Gasteiger partial charge in [0.2, 0.25) is 0 Å². The molecule has 0 aliphatic rings. The van der Waals surface area contributed by atoms with Crippen LogP contribution in [0.1, 0.15) is 37.8 Å². The fourth-order valence-electron chi connectivity index (χ4n) is 2.57. The van der Waals surface area contributed by atoms with Gasteiger partial charge < -0.3 is 5.32 Å². The highest BCUT2D eigenvalue weighted by molar-refractivity contribution is 6.30. The lowest BCUT2D eigenvalue weighted by molar-refractivity contribution is 0.676. The van der Waals surface area contributed by atoms with Crippen LogP contribution in [0, 0.1) is 0 Å². The molecular formula is C19H24ClN. The topological polar surface area (TPSA) is 12.0 Å². The number of benzene rings is 2. The molecule has 0 radical (unpaired) electrons. The molecular weight excluding hydrogens is 278 g/mol. The summed E-state index contributed by atoms with van der Waals surface area (Å²) < 4.78 is 0. The van der Waals surface area contributed by atoms with Gasteiger partial charge in [-0.2, -0.15) is 0 Å². The molecule has 2 aromatic rings. The quantitative estimate of drug-likeness (QED) is 0.670. The second-order valence-electron chi connectivity index (χ2n) is 5.43. The molecule has 2 heteroatoms. The van der Waals surface area contributed by atoms with Crippen molar-refractivity contribution in [3.63, 3.8) is 0 Å². The van der Waals surface area contributed by atoms with E-state index in [1.807, 2.05) is 6.07 Å². The zero-order valence-electron chi connectivity index (χ0n) is 13.0. The van der Waals surface area contributed by atoms with Crippen molar-refractivity contribution in [1.82, 2.24) is 5.32 Å². The van der Waals surface area contributed by atoms with Crippen LogP contribution in [0.3, 0.4) is 0 Å².